The Bertz CT molecular complexity index is 287. The van der Waals surface area contributed by atoms with Crippen LogP contribution in [0.3, 0.4) is 0 Å². The average Bonchev–Trinajstić information content (AvgIpc) is 2.39. The van der Waals surface area contributed by atoms with Crippen LogP contribution < -0.4 is 0 Å². The van der Waals surface area contributed by atoms with E-state index in [0.29, 0.717) is 12.5 Å². The molecule has 0 saturated heterocycles. The van der Waals surface area contributed by atoms with E-state index >= 15 is 0 Å². The number of carbonyl (C=O) groups is 2. The molecule has 4 nitrogen and oxygen atoms in total. The first kappa shape index (κ1) is 19.9. The average molecular weight is 300 g/mol. The van der Waals surface area contributed by atoms with E-state index in [0.717, 1.165) is 19.3 Å². The zero-order valence-electron chi connectivity index (χ0n) is 14.2. The van der Waals surface area contributed by atoms with Gasteiger partial charge in [0.1, 0.15) is 0 Å². The standard InChI is InChI=1S/C17H32O4/c1-5-6-7-8-9-12-20-16(18)10-11-17(19)21-15(4)13-14(2)3/h14-15H,5-13H2,1-4H3. The van der Waals surface area contributed by atoms with Crippen LogP contribution in [0, 0.1) is 5.92 Å². The highest BCUT2D eigenvalue weighted by atomic mass is 16.5. The fourth-order valence-corrected chi connectivity index (χ4v) is 2.16. The molecule has 0 aliphatic heterocycles. The van der Waals surface area contributed by atoms with Crippen LogP contribution in [-0.2, 0) is 19.1 Å². The van der Waals surface area contributed by atoms with Crippen molar-refractivity contribution in [2.24, 2.45) is 5.92 Å². The molecule has 4 heteroatoms. The molecular formula is C17H32O4. The molecule has 0 amide bonds. The molecule has 0 fully saturated rings. The Kier molecular flexibility index (Phi) is 12.0. The molecule has 21 heavy (non-hydrogen) atoms. The molecule has 0 saturated carbocycles. The zero-order valence-corrected chi connectivity index (χ0v) is 14.2. The van der Waals surface area contributed by atoms with Crippen LogP contribution in [0.25, 0.3) is 0 Å². The fraction of sp³-hybridized carbons (Fsp3) is 0.882. The van der Waals surface area contributed by atoms with Crippen molar-refractivity contribution in [1.29, 1.82) is 0 Å². The van der Waals surface area contributed by atoms with Crippen LogP contribution >= 0.6 is 0 Å². The highest BCUT2D eigenvalue weighted by molar-refractivity contribution is 5.77. The summed E-state index contributed by atoms with van der Waals surface area (Å²) in [6.07, 6.45) is 6.59. The van der Waals surface area contributed by atoms with E-state index in [2.05, 4.69) is 20.8 Å². The molecule has 0 radical (unpaired) electrons. The molecule has 0 spiro atoms. The van der Waals surface area contributed by atoms with E-state index in [1.165, 1.54) is 19.3 Å². The van der Waals surface area contributed by atoms with Gasteiger partial charge in [-0.1, -0.05) is 46.5 Å². The Morgan fingerprint density at radius 3 is 2.14 bits per heavy atom. The lowest BCUT2D eigenvalue weighted by atomic mass is 10.1. The predicted molar refractivity (Wildman–Crippen MR) is 84.0 cm³/mol. The van der Waals surface area contributed by atoms with Crippen molar-refractivity contribution in [3.63, 3.8) is 0 Å². The van der Waals surface area contributed by atoms with E-state index in [4.69, 9.17) is 9.47 Å². The Morgan fingerprint density at radius 1 is 0.905 bits per heavy atom. The van der Waals surface area contributed by atoms with Crippen LogP contribution in [0.5, 0.6) is 0 Å². The number of rotatable bonds is 12. The molecule has 124 valence electrons. The highest BCUT2D eigenvalue weighted by Crippen LogP contribution is 2.09. The Hall–Kier alpha value is -1.06. The summed E-state index contributed by atoms with van der Waals surface area (Å²) in [5.74, 6) is -0.132. The molecule has 0 rings (SSSR count). The summed E-state index contributed by atoms with van der Waals surface area (Å²) in [7, 11) is 0. The summed E-state index contributed by atoms with van der Waals surface area (Å²) in [5, 5.41) is 0. The van der Waals surface area contributed by atoms with E-state index < -0.39 is 0 Å². The van der Waals surface area contributed by atoms with Gasteiger partial charge in [0, 0.05) is 0 Å². The highest BCUT2D eigenvalue weighted by Gasteiger charge is 2.13. The van der Waals surface area contributed by atoms with E-state index in [1.54, 1.807) is 0 Å². The van der Waals surface area contributed by atoms with Gasteiger partial charge in [-0.15, -0.1) is 0 Å². The van der Waals surface area contributed by atoms with Crippen molar-refractivity contribution < 1.29 is 19.1 Å². The van der Waals surface area contributed by atoms with Crippen molar-refractivity contribution in [3.05, 3.63) is 0 Å². The van der Waals surface area contributed by atoms with Crippen LogP contribution in [-0.4, -0.2) is 24.6 Å². The molecule has 0 aromatic heterocycles. The van der Waals surface area contributed by atoms with Crippen LogP contribution in [0.4, 0.5) is 0 Å². The molecule has 1 unspecified atom stereocenters. The Labute approximate surface area is 129 Å². The largest absolute Gasteiger partial charge is 0.466 e. The van der Waals surface area contributed by atoms with Crippen LogP contribution in [0.2, 0.25) is 0 Å². The second-order valence-electron chi connectivity index (χ2n) is 6.06. The number of unbranched alkanes of at least 4 members (excludes halogenated alkanes) is 4. The number of hydrogen-bond acceptors (Lipinski definition) is 4. The molecule has 0 aromatic rings. The molecule has 0 N–H and O–H groups in total. The van der Waals surface area contributed by atoms with Gasteiger partial charge >= 0.3 is 11.9 Å². The zero-order chi connectivity index (χ0) is 16.1. The summed E-state index contributed by atoms with van der Waals surface area (Å²) in [5.41, 5.74) is 0. The lowest BCUT2D eigenvalue weighted by Gasteiger charge is -2.15. The predicted octanol–water partition coefficient (Wildman–Crippen LogP) is 4.26. The maximum atomic E-state index is 11.6. The summed E-state index contributed by atoms with van der Waals surface area (Å²) in [6, 6.07) is 0. The lowest BCUT2D eigenvalue weighted by molar-refractivity contribution is -0.153. The lowest BCUT2D eigenvalue weighted by Crippen LogP contribution is -2.18. The second kappa shape index (κ2) is 12.7. The van der Waals surface area contributed by atoms with E-state index in [-0.39, 0.29) is 30.9 Å². The van der Waals surface area contributed by atoms with Gasteiger partial charge in [0.2, 0.25) is 0 Å². The monoisotopic (exact) mass is 300 g/mol. The van der Waals surface area contributed by atoms with Crippen molar-refractivity contribution in [1.82, 2.24) is 0 Å². The van der Waals surface area contributed by atoms with Gasteiger partial charge in [0.05, 0.1) is 25.6 Å². The molecule has 0 aliphatic rings. The van der Waals surface area contributed by atoms with Crippen molar-refractivity contribution in [3.8, 4) is 0 Å². The minimum Gasteiger partial charge on any atom is -0.466 e. The first-order valence-corrected chi connectivity index (χ1v) is 8.30. The quantitative estimate of drug-likeness (QED) is 0.399. The van der Waals surface area contributed by atoms with E-state index in [9.17, 15) is 9.59 Å². The van der Waals surface area contributed by atoms with Gasteiger partial charge in [0.15, 0.2) is 0 Å². The Balaban J connectivity index is 3.57. The topological polar surface area (TPSA) is 52.6 Å². The molecule has 1 atom stereocenters. The molecule has 0 heterocycles. The molecule has 0 aliphatic carbocycles. The summed E-state index contributed by atoms with van der Waals surface area (Å²) >= 11 is 0. The smallest absolute Gasteiger partial charge is 0.306 e. The molecule has 0 bridgehead atoms. The molecule has 0 aromatic carbocycles. The van der Waals surface area contributed by atoms with Gasteiger partial charge in [-0.25, -0.2) is 0 Å². The second-order valence-corrected chi connectivity index (χ2v) is 6.06. The van der Waals surface area contributed by atoms with Crippen LogP contribution in [0.1, 0.15) is 79.1 Å². The summed E-state index contributed by atoms with van der Waals surface area (Å²) < 4.78 is 10.3. The maximum Gasteiger partial charge on any atom is 0.306 e. The first-order valence-electron chi connectivity index (χ1n) is 8.30. The van der Waals surface area contributed by atoms with Crippen LogP contribution in [0.15, 0.2) is 0 Å². The van der Waals surface area contributed by atoms with Gasteiger partial charge in [-0.3, -0.25) is 9.59 Å². The number of hydrogen-bond donors (Lipinski definition) is 0. The normalized spacial score (nSPS) is 12.2. The third kappa shape index (κ3) is 13.7. The SMILES string of the molecule is CCCCCCCOC(=O)CCC(=O)OC(C)CC(C)C. The fourth-order valence-electron chi connectivity index (χ4n) is 2.16. The molecular weight excluding hydrogens is 268 g/mol. The van der Waals surface area contributed by atoms with Crippen molar-refractivity contribution in [2.45, 2.75) is 85.2 Å². The van der Waals surface area contributed by atoms with Gasteiger partial charge < -0.3 is 9.47 Å². The van der Waals surface area contributed by atoms with Gasteiger partial charge in [0.25, 0.3) is 0 Å². The number of esters is 2. The third-order valence-electron chi connectivity index (χ3n) is 3.18. The van der Waals surface area contributed by atoms with Gasteiger partial charge in [-0.05, 0) is 25.7 Å². The minimum absolute atomic E-state index is 0.0907. The number of ether oxygens (including phenoxy) is 2. The van der Waals surface area contributed by atoms with E-state index in [1.807, 2.05) is 6.92 Å². The Morgan fingerprint density at radius 2 is 1.52 bits per heavy atom. The maximum absolute atomic E-state index is 11.6. The third-order valence-corrected chi connectivity index (χ3v) is 3.18. The minimum atomic E-state index is -0.317. The summed E-state index contributed by atoms with van der Waals surface area (Å²) in [6.45, 7) is 8.68. The van der Waals surface area contributed by atoms with Crippen molar-refractivity contribution >= 4 is 11.9 Å². The summed E-state index contributed by atoms with van der Waals surface area (Å²) in [4.78, 5) is 23.0. The first-order chi connectivity index (χ1) is 9.95. The van der Waals surface area contributed by atoms with Crippen molar-refractivity contribution in [2.75, 3.05) is 6.61 Å². The number of carbonyl (C=O) groups excluding carboxylic acids is 2. The van der Waals surface area contributed by atoms with Gasteiger partial charge in [-0.2, -0.15) is 0 Å².